The van der Waals surface area contributed by atoms with Gasteiger partial charge < -0.3 is 14.8 Å². The second kappa shape index (κ2) is 9.16. The predicted molar refractivity (Wildman–Crippen MR) is 108 cm³/mol. The number of para-hydroxylation sites is 1. The molecule has 3 aromatic rings. The van der Waals surface area contributed by atoms with E-state index < -0.39 is 24.5 Å². The van der Waals surface area contributed by atoms with Crippen LogP contribution in [0.1, 0.15) is 27.6 Å². The first kappa shape index (κ1) is 20.3. The number of aromatic nitrogens is 1. The van der Waals surface area contributed by atoms with Crippen molar-refractivity contribution in [1.29, 1.82) is 0 Å². The van der Waals surface area contributed by atoms with Crippen molar-refractivity contribution >= 4 is 46.0 Å². The van der Waals surface area contributed by atoms with Crippen LogP contribution in [0.5, 0.6) is 0 Å². The van der Waals surface area contributed by atoms with Gasteiger partial charge in [0.2, 0.25) is 0 Å². The van der Waals surface area contributed by atoms with Crippen molar-refractivity contribution in [1.82, 2.24) is 4.98 Å². The smallest absolute Gasteiger partial charge is 0.339 e. The second-order valence-corrected chi connectivity index (χ2v) is 6.32. The van der Waals surface area contributed by atoms with Crippen LogP contribution in [0.3, 0.4) is 0 Å². The Hall–Kier alpha value is -3.45. The molecular weight excluding hydrogens is 396 g/mol. The van der Waals surface area contributed by atoms with E-state index in [0.717, 1.165) is 0 Å². The van der Waals surface area contributed by atoms with Crippen LogP contribution in [-0.4, -0.2) is 36.0 Å². The maximum atomic E-state index is 12.4. The van der Waals surface area contributed by atoms with Crippen molar-refractivity contribution in [3.05, 3.63) is 70.9 Å². The molecule has 1 heterocycles. The van der Waals surface area contributed by atoms with Gasteiger partial charge in [-0.3, -0.25) is 4.79 Å². The number of amides is 1. The Morgan fingerprint density at radius 1 is 1.00 bits per heavy atom. The van der Waals surface area contributed by atoms with Gasteiger partial charge in [-0.1, -0.05) is 29.8 Å². The van der Waals surface area contributed by atoms with E-state index in [1.54, 1.807) is 43.3 Å². The van der Waals surface area contributed by atoms with E-state index in [-0.39, 0.29) is 17.3 Å². The lowest BCUT2D eigenvalue weighted by atomic mass is 10.1. The maximum absolute atomic E-state index is 12.4. The van der Waals surface area contributed by atoms with E-state index in [1.165, 1.54) is 18.2 Å². The van der Waals surface area contributed by atoms with Gasteiger partial charge in [0.1, 0.15) is 5.15 Å². The van der Waals surface area contributed by atoms with Crippen molar-refractivity contribution in [2.24, 2.45) is 0 Å². The van der Waals surface area contributed by atoms with Gasteiger partial charge in [0.05, 0.1) is 23.3 Å². The van der Waals surface area contributed by atoms with E-state index in [2.05, 4.69) is 10.3 Å². The van der Waals surface area contributed by atoms with Crippen LogP contribution < -0.4 is 5.32 Å². The van der Waals surface area contributed by atoms with Gasteiger partial charge in [0, 0.05) is 11.1 Å². The van der Waals surface area contributed by atoms with Crippen LogP contribution >= 0.6 is 11.6 Å². The first-order chi connectivity index (χ1) is 14.0. The number of hydrogen-bond donors (Lipinski definition) is 1. The maximum Gasteiger partial charge on any atom is 0.339 e. The number of ether oxygens (including phenoxy) is 2. The fourth-order valence-electron chi connectivity index (χ4n) is 2.62. The number of benzene rings is 2. The molecule has 0 spiro atoms. The molecule has 1 amide bonds. The summed E-state index contributed by atoms with van der Waals surface area (Å²) in [5, 5.41) is 3.32. The summed E-state index contributed by atoms with van der Waals surface area (Å²) in [4.78, 5) is 40.3. The van der Waals surface area contributed by atoms with E-state index in [4.69, 9.17) is 21.1 Å². The molecule has 0 aliphatic heterocycles. The van der Waals surface area contributed by atoms with Gasteiger partial charge in [0.15, 0.2) is 6.61 Å². The first-order valence-electron chi connectivity index (χ1n) is 8.77. The molecule has 148 valence electrons. The molecule has 29 heavy (non-hydrogen) atoms. The minimum Gasteiger partial charge on any atom is -0.462 e. The average molecular weight is 413 g/mol. The van der Waals surface area contributed by atoms with E-state index in [9.17, 15) is 14.4 Å². The first-order valence-corrected chi connectivity index (χ1v) is 9.15. The minimum atomic E-state index is -0.682. The molecule has 0 saturated carbocycles. The number of hydrogen-bond acceptors (Lipinski definition) is 6. The Bertz CT molecular complexity index is 1070. The number of anilines is 1. The molecular formula is C21H17ClN2O5. The molecule has 0 radical (unpaired) electrons. The highest BCUT2D eigenvalue weighted by Gasteiger charge is 2.15. The van der Waals surface area contributed by atoms with Crippen LogP contribution in [0, 0.1) is 0 Å². The van der Waals surface area contributed by atoms with Crippen molar-refractivity contribution in [2.45, 2.75) is 6.92 Å². The van der Waals surface area contributed by atoms with Crippen LogP contribution in [0.25, 0.3) is 10.9 Å². The molecule has 0 fully saturated rings. The van der Waals surface area contributed by atoms with Gasteiger partial charge >= 0.3 is 11.9 Å². The summed E-state index contributed by atoms with van der Waals surface area (Å²) in [6.07, 6.45) is 0. The number of carbonyl (C=O) groups excluding carboxylic acids is 3. The van der Waals surface area contributed by atoms with Crippen LogP contribution in [0.2, 0.25) is 5.15 Å². The van der Waals surface area contributed by atoms with Crippen molar-refractivity contribution in [3.63, 3.8) is 0 Å². The molecule has 0 saturated heterocycles. The molecule has 0 aliphatic rings. The summed E-state index contributed by atoms with van der Waals surface area (Å²) in [6.45, 7) is 1.52. The van der Waals surface area contributed by atoms with Gasteiger partial charge in [-0.15, -0.1) is 0 Å². The highest BCUT2D eigenvalue weighted by atomic mass is 35.5. The second-order valence-electron chi connectivity index (χ2n) is 5.93. The highest BCUT2D eigenvalue weighted by Crippen LogP contribution is 2.21. The summed E-state index contributed by atoms with van der Waals surface area (Å²) in [6, 6.07) is 14.6. The molecule has 0 atom stereocenters. The molecule has 0 bridgehead atoms. The number of esters is 2. The Kier molecular flexibility index (Phi) is 6.41. The Labute approximate surface area is 171 Å². The fourth-order valence-corrected chi connectivity index (χ4v) is 2.82. The zero-order valence-electron chi connectivity index (χ0n) is 15.5. The fraction of sp³-hybridized carbons (Fsp3) is 0.143. The Morgan fingerprint density at radius 3 is 2.45 bits per heavy atom. The SMILES string of the molecule is CCOC(=O)c1ccc(NC(=O)COC(=O)c2cc(Cl)nc3ccccc23)cc1. The zero-order valence-corrected chi connectivity index (χ0v) is 16.2. The largest absolute Gasteiger partial charge is 0.462 e. The van der Waals surface area contributed by atoms with Crippen molar-refractivity contribution in [3.8, 4) is 0 Å². The molecule has 8 heteroatoms. The Morgan fingerprint density at radius 2 is 1.72 bits per heavy atom. The molecule has 2 aromatic carbocycles. The van der Waals surface area contributed by atoms with Crippen LogP contribution in [0.4, 0.5) is 5.69 Å². The molecule has 7 nitrogen and oxygen atoms in total. The third kappa shape index (κ3) is 5.08. The van der Waals surface area contributed by atoms with Gasteiger partial charge in [-0.05, 0) is 43.3 Å². The minimum absolute atomic E-state index is 0.154. The van der Waals surface area contributed by atoms with Crippen LogP contribution in [0.15, 0.2) is 54.6 Å². The summed E-state index contributed by atoms with van der Waals surface area (Å²) in [5.41, 5.74) is 1.61. The third-order valence-electron chi connectivity index (χ3n) is 3.92. The predicted octanol–water partition coefficient (Wildman–Crippen LogP) is 3.86. The lowest BCUT2D eigenvalue weighted by Gasteiger charge is -2.09. The summed E-state index contributed by atoms with van der Waals surface area (Å²) in [7, 11) is 0. The zero-order chi connectivity index (χ0) is 20.8. The normalized spacial score (nSPS) is 10.4. The number of fused-ring (bicyclic) bond motifs is 1. The standard InChI is InChI=1S/C21H17ClN2O5/c1-2-28-20(26)13-7-9-14(10-8-13)23-19(25)12-29-21(27)16-11-18(22)24-17-6-4-3-5-15(16)17/h3-11H,2,12H2,1H3,(H,23,25). The molecule has 1 N–H and O–H groups in total. The lowest BCUT2D eigenvalue weighted by Crippen LogP contribution is -2.21. The lowest BCUT2D eigenvalue weighted by molar-refractivity contribution is -0.119. The third-order valence-corrected chi connectivity index (χ3v) is 4.11. The molecule has 1 aromatic heterocycles. The number of rotatable bonds is 6. The van der Waals surface area contributed by atoms with Gasteiger partial charge in [-0.25, -0.2) is 14.6 Å². The number of nitrogens with one attached hydrogen (secondary N) is 1. The van der Waals surface area contributed by atoms with Gasteiger partial charge in [-0.2, -0.15) is 0 Å². The van der Waals surface area contributed by atoms with Crippen LogP contribution in [-0.2, 0) is 14.3 Å². The Balaban J connectivity index is 1.61. The number of pyridine rings is 1. The van der Waals surface area contributed by atoms with E-state index in [1.807, 2.05) is 0 Å². The molecule has 0 unspecified atom stereocenters. The van der Waals surface area contributed by atoms with E-state index in [0.29, 0.717) is 22.2 Å². The summed E-state index contributed by atoms with van der Waals surface area (Å²) in [5.74, 6) is -1.65. The number of halogens is 1. The molecule has 0 aliphatic carbocycles. The highest BCUT2D eigenvalue weighted by molar-refractivity contribution is 6.30. The monoisotopic (exact) mass is 412 g/mol. The molecule has 3 rings (SSSR count). The average Bonchev–Trinajstić information content (AvgIpc) is 2.72. The summed E-state index contributed by atoms with van der Waals surface area (Å²) >= 11 is 5.96. The van der Waals surface area contributed by atoms with Crippen molar-refractivity contribution in [2.75, 3.05) is 18.5 Å². The quantitative estimate of drug-likeness (QED) is 0.488. The number of carbonyl (C=O) groups is 3. The van der Waals surface area contributed by atoms with Crippen molar-refractivity contribution < 1.29 is 23.9 Å². The number of nitrogens with zero attached hydrogens (tertiary/aromatic N) is 1. The van der Waals surface area contributed by atoms with E-state index >= 15 is 0 Å². The van der Waals surface area contributed by atoms with Gasteiger partial charge in [0.25, 0.3) is 5.91 Å². The topological polar surface area (TPSA) is 94.6 Å². The summed E-state index contributed by atoms with van der Waals surface area (Å²) < 4.78 is 10.0.